The number of nitrogens with zero attached hydrogens (tertiary/aromatic N) is 5. The molecular formula is C36H39F3N6O2S. The Kier molecular flexibility index (Phi) is 9.82. The van der Waals surface area contributed by atoms with Crippen molar-refractivity contribution in [1.82, 2.24) is 20.1 Å². The van der Waals surface area contributed by atoms with Gasteiger partial charge in [-0.15, -0.1) is 18.3 Å². The molecule has 48 heavy (non-hydrogen) atoms. The number of halogens is 3. The van der Waals surface area contributed by atoms with Crippen molar-refractivity contribution in [1.29, 1.82) is 0 Å². The Morgan fingerprint density at radius 2 is 1.79 bits per heavy atom. The highest BCUT2D eigenvalue weighted by Crippen LogP contribution is 2.38. The normalized spacial score (nSPS) is 20.8. The Hall–Kier alpha value is -4.32. The average Bonchev–Trinajstić information content (AvgIpc) is 3.71. The fraction of sp³-hybridized carbons (Fsp3) is 0.389. The van der Waals surface area contributed by atoms with Crippen LogP contribution in [0.4, 0.5) is 23.7 Å². The molecule has 2 heterocycles. The quantitative estimate of drug-likeness (QED) is 0.210. The minimum absolute atomic E-state index is 0.0430. The van der Waals surface area contributed by atoms with Crippen LogP contribution in [-0.4, -0.2) is 50.2 Å². The highest BCUT2D eigenvalue weighted by molar-refractivity contribution is 8.14. The predicted molar refractivity (Wildman–Crippen MR) is 184 cm³/mol. The number of alkyl halides is 3. The summed E-state index contributed by atoms with van der Waals surface area (Å²) in [5.41, 5.74) is 6.25. The lowest BCUT2D eigenvalue weighted by Gasteiger charge is -2.37. The van der Waals surface area contributed by atoms with Gasteiger partial charge in [0.15, 0.2) is 11.0 Å². The number of hydrogen-bond donors (Lipinski definition) is 1. The monoisotopic (exact) mass is 676 g/mol. The molecule has 4 aromatic rings. The number of ether oxygens (including phenoxy) is 1. The third-order valence-corrected chi connectivity index (χ3v) is 9.96. The van der Waals surface area contributed by atoms with E-state index in [9.17, 15) is 18.0 Å². The minimum atomic E-state index is -4.74. The molecule has 1 N–H and O–H groups in total. The van der Waals surface area contributed by atoms with Gasteiger partial charge >= 0.3 is 12.4 Å². The van der Waals surface area contributed by atoms with Gasteiger partial charge in [-0.1, -0.05) is 62.0 Å². The predicted octanol–water partition coefficient (Wildman–Crippen LogP) is 9.00. The number of anilines is 1. The molecule has 1 saturated heterocycles. The number of aliphatic imine (C=N–C) groups is 1. The van der Waals surface area contributed by atoms with Crippen LogP contribution in [0.25, 0.3) is 17.1 Å². The Labute approximate surface area is 282 Å². The third-order valence-electron chi connectivity index (χ3n) is 8.98. The summed E-state index contributed by atoms with van der Waals surface area (Å²) in [7, 11) is 0. The lowest BCUT2D eigenvalue weighted by atomic mass is 9.95. The largest absolute Gasteiger partial charge is 0.573 e. The Balaban J connectivity index is 1.08. The summed E-state index contributed by atoms with van der Waals surface area (Å²) in [6.07, 6.45) is 0.471. The number of aryl methyl sites for hydroxylation is 1. The van der Waals surface area contributed by atoms with Gasteiger partial charge in [0.25, 0.3) is 0 Å². The summed E-state index contributed by atoms with van der Waals surface area (Å²) < 4.78 is 42.8. The minimum Gasteiger partial charge on any atom is -0.406 e. The molecule has 2 aliphatic rings. The summed E-state index contributed by atoms with van der Waals surface area (Å²) in [4.78, 5) is 24.5. The van der Waals surface area contributed by atoms with Crippen LogP contribution in [0.3, 0.4) is 0 Å². The number of amidine groups is 1. The molecule has 0 radical (unpaired) electrons. The molecule has 0 bridgehead atoms. The smallest absolute Gasteiger partial charge is 0.406 e. The van der Waals surface area contributed by atoms with Crippen molar-refractivity contribution < 1.29 is 22.7 Å². The molecule has 252 valence electrons. The van der Waals surface area contributed by atoms with E-state index in [1.807, 2.05) is 12.1 Å². The molecule has 3 unspecified atom stereocenters. The standard InChI is InChI=1S/C36H39F3N6O2S/c1-22(2)32-23(3)6-5-7-31(32)45-24(4)18-19-48-35(45)42-34(46)41-28-13-12-27(20-28)25-8-10-26(11-9-25)33-40-21-44(43-33)29-14-16-30(17-15-29)47-36(37,38)39/h5-11,14-17,21-22,24,27-28H,12-13,18-20H2,1-4H3,(H,41,46)/b42-35-. The van der Waals surface area contributed by atoms with Gasteiger partial charge in [0.05, 0.1) is 5.69 Å². The second kappa shape index (κ2) is 14.0. The number of benzene rings is 3. The van der Waals surface area contributed by atoms with E-state index in [1.54, 1.807) is 11.8 Å². The van der Waals surface area contributed by atoms with E-state index in [0.29, 0.717) is 23.3 Å². The molecule has 1 aliphatic heterocycles. The van der Waals surface area contributed by atoms with Crippen LogP contribution in [0.15, 0.2) is 78.0 Å². The first-order valence-corrected chi connectivity index (χ1v) is 17.2. The maximum Gasteiger partial charge on any atom is 0.573 e. The number of carbonyl (C=O) groups excluding carboxylic acids is 1. The zero-order valence-electron chi connectivity index (χ0n) is 27.4. The van der Waals surface area contributed by atoms with Gasteiger partial charge < -0.3 is 15.0 Å². The lowest BCUT2D eigenvalue weighted by Crippen LogP contribution is -2.43. The van der Waals surface area contributed by atoms with Gasteiger partial charge in [0, 0.05) is 29.1 Å². The zero-order chi connectivity index (χ0) is 34.0. The summed E-state index contributed by atoms with van der Waals surface area (Å²) in [5, 5.41) is 8.43. The van der Waals surface area contributed by atoms with Gasteiger partial charge in [-0.3, -0.25) is 0 Å². The van der Waals surface area contributed by atoms with E-state index in [2.05, 4.69) is 88.1 Å². The first-order valence-electron chi connectivity index (χ1n) is 16.2. The van der Waals surface area contributed by atoms with E-state index < -0.39 is 6.36 Å². The molecule has 6 rings (SSSR count). The molecule has 1 aliphatic carbocycles. The molecule has 0 spiro atoms. The Morgan fingerprint density at radius 1 is 1.04 bits per heavy atom. The average molecular weight is 677 g/mol. The second-order valence-corrected chi connectivity index (χ2v) is 13.8. The molecular weight excluding hydrogens is 637 g/mol. The fourth-order valence-corrected chi connectivity index (χ4v) is 7.90. The molecule has 1 saturated carbocycles. The van der Waals surface area contributed by atoms with E-state index in [-0.39, 0.29) is 23.9 Å². The third kappa shape index (κ3) is 7.69. The van der Waals surface area contributed by atoms with Crippen molar-refractivity contribution >= 4 is 28.6 Å². The van der Waals surface area contributed by atoms with Crippen LogP contribution in [0.1, 0.15) is 75.0 Å². The van der Waals surface area contributed by atoms with E-state index >= 15 is 0 Å². The van der Waals surface area contributed by atoms with Gasteiger partial charge in [0.2, 0.25) is 0 Å². The lowest BCUT2D eigenvalue weighted by molar-refractivity contribution is -0.274. The van der Waals surface area contributed by atoms with Crippen molar-refractivity contribution in [2.75, 3.05) is 10.7 Å². The van der Waals surface area contributed by atoms with Gasteiger partial charge in [-0.25, -0.2) is 14.5 Å². The number of aromatic nitrogens is 3. The molecule has 1 aromatic heterocycles. The number of hydrogen-bond acceptors (Lipinski definition) is 5. The van der Waals surface area contributed by atoms with Crippen molar-refractivity contribution in [3.8, 4) is 22.8 Å². The summed E-state index contributed by atoms with van der Waals surface area (Å²) in [6.45, 7) is 8.76. The first kappa shape index (κ1) is 33.6. The second-order valence-electron chi connectivity index (χ2n) is 12.7. The van der Waals surface area contributed by atoms with Crippen LogP contribution >= 0.6 is 11.8 Å². The molecule has 3 atom stereocenters. The number of carbonyl (C=O) groups is 1. The summed E-state index contributed by atoms with van der Waals surface area (Å²) in [5.74, 6) is 1.79. The Morgan fingerprint density at radius 3 is 2.50 bits per heavy atom. The topological polar surface area (TPSA) is 84.6 Å². The van der Waals surface area contributed by atoms with Crippen LogP contribution in [-0.2, 0) is 0 Å². The van der Waals surface area contributed by atoms with Crippen LogP contribution in [0.5, 0.6) is 5.75 Å². The van der Waals surface area contributed by atoms with Gasteiger partial charge in [-0.2, -0.15) is 4.99 Å². The molecule has 2 amide bonds. The molecule has 8 nitrogen and oxygen atoms in total. The molecule has 2 fully saturated rings. The van der Waals surface area contributed by atoms with Crippen molar-refractivity contribution in [3.05, 3.63) is 89.7 Å². The number of nitrogens with one attached hydrogen (secondary N) is 1. The van der Waals surface area contributed by atoms with Crippen LogP contribution in [0, 0.1) is 6.92 Å². The van der Waals surface area contributed by atoms with Crippen molar-refractivity contribution in [2.45, 2.75) is 83.7 Å². The van der Waals surface area contributed by atoms with Gasteiger partial charge in [-0.05, 0) is 98.4 Å². The summed E-state index contributed by atoms with van der Waals surface area (Å²) in [6, 6.07) is 19.9. The Bertz CT molecular complexity index is 1770. The van der Waals surface area contributed by atoms with Crippen molar-refractivity contribution in [2.24, 2.45) is 4.99 Å². The highest BCUT2D eigenvalue weighted by Gasteiger charge is 2.32. The number of thioether (sulfide) groups is 1. The number of rotatable bonds is 7. The van der Waals surface area contributed by atoms with E-state index in [1.165, 1.54) is 52.0 Å². The highest BCUT2D eigenvalue weighted by atomic mass is 32.2. The first-order chi connectivity index (χ1) is 22.9. The fourth-order valence-electron chi connectivity index (χ4n) is 6.69. The maximum absolute atomic E-state index is 13.3. The van der Waals surface area contributed by atoms with E-state index in [0.717, 1.165) is 47.9 Å². The molecule has 12 heteroatoms. The maximum atomic E-state index is 13.3. The van der Waals surface area contributed by atoms with E-state index in [4.69, 9.17) is 0 Å². The SMILES string of the molecule is Cc1cccc(N2/C(=N/C(=O)NC3CCC(c4ccc(-c5ncn(-c6ccc(OC(F)(F)F)cc6)n5)cc4)C3)SCCC2C)c1C(C)C. The van der Waals surface area contributed by atoms with Crippen LogP contribution in [0.2, 0.25) is 0 Å². The van der Waals surface area contributed by atoms with Crippen molar-refractivity contribution in [3.63, 3.8) is 0 Å². The van der Waals surface area contributed by atoms with Crippen LogP contribution < -0.4 is 15.0 Å². The van der Waals surface area contributed by atoms with Gasteiger partial charge in [0.1, 0.15) is 12.1 Å². The molecule has 3 aromatic carbocycles. The zero-order valence-corrected chi connectivity index (χ0v) is 28.2. The number of amides is 2. The summed E-state index contributed by atoms with van der Waals surface area (Å²) >= 11 is 1.64. The number of urea groups is 1.